The molecule has 1 aromatic carbocycles. The van der Waals surface area contributed by atoms with Crippen molar-refractivity contribution in [1.82, 2.24) is 20.5 Å². The second kappa shape index (κ2) is 10.9. The third-order valence-corrected chi connectivity index (χ3v) is 7.88. The van der Waals surface area contributed by atoms with Gasteiger partial charge in [0.15, 0.2) is 5.84 Å². The van der Waals surface area contributed by atoms with E-state index >= 15 is 0 Å². The predicted molar refractivity (Wildman–Crippen MR) is 141 cm³/mol. The molecule has 1 saturated heterocycles. The Kier molecular flexibility index (Phi) is 7.61. The van der Waals surface area contributed by atoms with Gasteiger partial charge in [0.05, 0.1) is 0 Å². The maximum atomic E-state index is 13.0. The number of nitrogens with one attached hydrogen (secondary N) is 2. The quantitative estimate of drug-likeness (QED) is 0.371. The fraction of sp³-hybridized carbons (Fsp3) is 0.519. The van der Waals surface area contributed by atoms with Crippen molar-refractivity contribution < 1.29 is 4.79 Å². The molecule has 35 heavy (non-hydrogen) atoms. The summed E-state index contributed by atoms with van der Waals surface area (Å²) in [6, 6.07) is 11.8. The molecule has 1 amide bonds. The summed E-state index contributed by atoms with van der Waals surface area (Å²) in [6.07, 6.45) is 9.05. The number of pyridine rings is 1. The second-order valence-electron chi connectivity index (χ2n) is 10.0. The van der Waals surface area contributed by atoms with Crippen LogP contribution in [0.5, 0.6) is 0 Å². The van der Waals surface area contributed by atoms with E-state index in [1.807, 2.05) is 36.4 Å². The zero-order chi connectivity index (χ0) is 24.3. The average molecular weight is 515 g/mol. The Bertz CT molecular complexity index is 1060. The number of benzene rings is 1. The number of hydrogen-bond donors (Lipinski definition) is 2. The van der Waals surface area contributed by atoms with E-state index < -0.39 is 5.54 Å². The largest absolute Gasteiger partial charge is 0.355 e. The van der Waals surface area contributed by atoms with Gasteiger partial charge in [-0.2, -0.15) is 0 Å². The van der Waals surface area contributed by atoms with Gasteiger partial charge in [0, 0.05) is 48.5 Å². The lowest BCUT2D eigenvalue weighted by Crippen LogP contribution is -2.46. The second-order valence-corrected chi connectivity index (χ2v) is 10.9. The monoisotopic (exact) mass is 513 g/mol. The van der Waals surface area contributed by atoms with Crippen LogP contribution in [0.2, 0.25) is 10.0 Å². The highest BCUT2D eigenvalue weighted by Gasteiger charge is 2.51. The highest BCUT2D eigenvalue weighted by atomic mass is 35.5. The molecule has 2 N–H and O–H groups in total. The van der Waals surface area contributed by atoms with E-state index in [-0.39, 0.29) is 5.91 Å². The van der Waals surface area contributed by atoms with Crippen molar-refractivity contribution in [2.24, 2.45) is 10.9 Å². The molecule has 0 unspecified atom stereocenters. The van der Waals surface area contributed by atoms with Crippen LogP contribution in [0.4, 0.5) is 0 Å². The van der Waals surface area contributed by atoms with Crippen LogP contribution in [-0.2, 0) is 11.3 Å². The number of piperidine rings is 1. The summed E-state index contributed by atoms with van der Waals surface area (Å²) in [4.78, 5) is 25.0. The van der Waals surface area contributed by atoms with Crippen LogP contribution in [-0.4, -0.2) is 52.8 Å². The topological polar surface area (TPSA) is 69.6 Å². The van der Waals surface area contributed by atoms with Gasteiger partial charge in [-0.1, -0.05) is 42.1 Å². The van der Waals surface area contributed by atoms with Crippen molar-refractivity contribution in [1.29, 1.82) is 0 Å². The molecule has 1 aromatic heterocycles. The molecule has 8 heteroatoms. The van der Waals surface area contributed by atoms with Gasteiger partial charge in [0.2, 0.25) is 5.91 Å². The molecule has 2 saturated carbocycles. The van der Waals surface area contributed by atoms with E-state index in [2.05, 4.69) is 20.5 Å². The molecule has 3 fully saturated rings. The molecule has 2 aliphatic carbocycles. The van der Waals surface area contributed by atoms with E-state index in [0.29, 0.717) is 17.6 Å². The summed E-state index contributed by atoms with van der Waals surface area (Å²) in [7, 11) is 0. The molecular weight excluding hydrogens is 481 g/mol. The smallest absolute Gasteiger partial charge is 0.248 e. The Morgan fingerprint density at radius 2 is 1.91 bits per heavy atom. The Morgan fingerprint density at radius 3 is 2.60 bits per heavy atom. The summed E-state index contributed by atoms with van der Waals surface area (Å²) in [6.45, 7) is 3.16. The van der Waals surface area contributed by atoms with Crippen molar-refractivity contribution in [2.75, 3.05) is 19.6 Å². The summed E-state index contributed by atoms with van der Waals surface area (Å²) in [5.41, 5.74) is 1.22. The van der Waals surface area contributed by atoms with Gasteiger partial charge in [-0.25, -0.2) is 4.99 Å². The number of carbonyl (C=O) groups is 1. The molecule has 0 spiro atoms. The van der Waals surface area contributed by atoms with E-state index in [4.69, 9.17) is 28.2 Å². The van der Waals surface area contributed by atoms with Gasteiger partial charge >= 0.3 is 0 Å². The van der Waals surface area contributed by atoms with Crippen LogP contribution in [0.1, 0.15) is 56.2 Å². The lowest BCUT2D eigenvalue weighted by molar-refractivity contribution is -0.123. The van der Waals surface area contributed by atoms with Gasteiger partial charge in [-0.3, -0.25) is 9.78 Å². The number of hydrogen-bond acceptors (Lipinski definition) is 4. The van der Waals surface area contributed by atoms with Crippen LogP contribution in [0.15, 0.2) is 47.6 Å². The maximum absolute atomic E-state index is 13.0. The molecule has 0 bridgehead atoms. The molecule has 3 aliphatic rings. The first kappa shape index (κ1) is 24.5. The zero-order valence-corrected chi connectivity index (χ0v) is 21.5. The van der Waals surface area contributed by atoms with Gasteiger partial charge < -0.3 is 15.5 Å². The molecule has 186 valence electrons. The molecule has 6 nitrogen and oxygen atoms in total. The summed E-state index contributed by atoms with van der Waals surface area (Å²) >= 11 is 12.5. The number of aromatic nitrogens is 1. The number of halogens is 2. The van der Waals surface area contributed by atoms with Crippen LogP contribution in [0.3, 0.4) is 0 Å². The maximum Gasteiger partial charge on any atom is 0.248 e. The fourth-order valence-corrected chi connectivity index (χ4v) is 5.06. The third kappa shape index (κ3) is 6.35. The fourth-order valence-electron chi connectivity index (χ4n) is 4.69. The van der Waals surface area contributed by atoms with Gasteiger partial charge in [0.25, 0.3) is 0 Å². The number of amides is 1. The standard InChI is InChI=1S/C27H33Cl2N5O/c28-21-6-7-23(29)20(17-21)18-32-22-9-15-34(16-10-22)25(24-3-1-2-13-30-24)33-27(11-12-27)26(35)31-14-8-19-4-5-19/h1-3,6-7,13,17,19,22,32H,4-5,8-12,14-16,18H2,(H,31,35). The first-order chi connectivity index (χ1) is 17.0. The molecular formula is C27H33Cl2N5O. The lowest BCUT2D eigenvalue weighted by Gasteiger charge is -2.35. The molecule has 2 aromatic rings. The molecule has 2 heterocycles. The number of aliphatic imine (C=N–C) groups is 1. The van der Waals surface area contributed by atoms with Crippen molar-refractivity contribution >= 4 is 34.9 Å². The lowest BCUT2D eigenvalue weighted by atomic mass is 10.0. The third-order valence-electron chi connectivity index (χ3n) is 7.28. The normalized spacial score (nSPS) is 20.1. The van der Waals surface area contributed by atoms with E-state index in [9.17, 15) is 4.79 Å². The minimum absolute atomic E-state index is 0.0709. The number of carbonyl (C=O) groups excluding carboxylic acids is 1. The first-order valence-electron chi connectivity index (χ1n) is 12.7. The first-order valence-corrected chi connectivity index (χ1v) is 13.5. The highest BCUT2D eigenvalue weighted by molar-refractivity contribution is 6.33. The SMILES string of the molecule is O=C(NCCC1CC1)C1(N=C(c2ccccn2)N2CCC(NCc3cc(Cl)ccc3Cl)CC2)CC1. The number of rotatable bonds is 9. The Hall–Kier alpha value is -2.15. The summed E-state index contributed by atoms with van der Waals surface area (Å²) < 4.78 is 0. The van der Waals surface area contributed by atoms with E-state index in [1.165, 1.54) is 12.8 Å². The van der Waals surface area contributed by atoms with Crippen molar-refractivity contribution in [2.45, 2.75) is 63.1 Å². The highest BCUT2D eigenvalue weighted by Crippen LogP contribution is 2.41. The minimum Gasteiger partial charge on any atom is -0.355 e. The summed E-state index contributed by atoms with van der Waals surface area (Å²) in [5, 5.41) is 8.21. The molecule has 0 atom stereocenters. The number of amidine groups is 1. The van der Waals surface area contributed by atoms with Crippen LogP contribution < -0.4 is 10.6 Å². The average Bonchev–Trinajstić information content (AvgIpc) is 3.81. The van der Waals surface area contributed by atoms with Gasteiger partial charge in [0.1, 0.15) is 11.2 Å². The molecule has 5 rings (SSSR count). The molecule has 0 radical (unpaired) electrons. The van der Waals surface area contributed by atoms with E-state index in [1.54, 1.807) is 6.20 Å². The van der Waals surface area contributed by atoms with E-state index in [0.717, 1.165) is 79.8 Å². The van der Waals surface area contributed by atoms with Crippen molar-refractivity contribution in [3.8, 4) is 0 Å². The van der Waals surface area contributed by atoms with Crippen LogP contribution >= 0.6 is 23.2 Å². The van der Waals surface area contributed by atoms with Crippen LogP contribution in [0.25, 0.3) is 0 Å². The Balaban J connectivity index is 1.23. The van der Waals surface area contributed by atoms with Crippen LogP contribution in [0, 0.1) is 5.92 Å². The van der Waals surface area contributed by atoms with Crippen molar-refractivity contribution in [3.63, 3.8) is 0 Å². The van der Waals surface area contributed by atoms with Gasteiger partial charge in [-0.15, -0.1) is 0 Å². The minimum atomic E-state index is -0.630. The zero-order valence-electron chi connectivity index (χ0n) is 20.0. The number of likely N-dealkylation sites (tertiary alicyclic amines) is 1. The predicted octanol–water partition coefficient (Wildman–Crippen LogP) is 4.84. The van der Waals surface area contributed by atoms with Crippen molar-refractivity contribution in [3.05, 3.63) is 63.9 Å². The van der Waals surface area contributed by atoms with Gasteiger partial charge in [-0.05, 0) is 73.9 Å². The number of nitrogens with zero attached hydrogens (tertiary/aromatic N) is 3. The Labute approximate surface area is 217 Å². The molecule has 1 aliphatic heterocycles. The summed E-state index contributed by atoms with van der Waals surface area (Å²) in [5.74, 6) is 1.72. The Morgan fingerprint density at radius 1 is 1.11 bits per heavy atom.